The molecular weight excluding hydrogens is 418 g/mol. The Morgan fingerprint density at radius 3 is 2.53 bits per heavy atom. The lowest BCUT2D eigenvalue weighted by atomic mass is 9.83. The Balaban J connectivity index is 1.98. The molecule has 10 heteroatoms. The summed E-state index contributed by atoms with van der Waals surface area (Å²) in [6.45, 7) is 4.17. The lowest BCUT2D eigenvalue weighted by molar-refractivity contribution is -0.791. The first-order valence-electron chi connectivity index (χ1n) is 11.5. The van der Waals surface area contributed by atoms with Gasteiger partial charge in [-0.15, -0.1) is 4.48 Å². The van der Waals surface area contributed by atoms with Crippen LogP contribution in [0.2, 0.25) is 0 Å². The predicted octanol–water partition coefficient (Wildman–Crippen LogP) is 1.58. The summed E-state index contributed by atoms with van der Waals surface area (Å²) in [6.07, 6.45) is 4.34. The average molecular weight is 455 g/mol. The molecule has 2 heterocycles. The van der Waals surface area contributed by atoms with Crippen molar-refractivity contribution in [2.24, 2.45) is 23.0 Å². The molecule has 32 heavy (non-hydrogen) atoms. The summed E-state index contributed by atoms with van der Waals surface area (Å²) in [7, 11) is 0. The number of ether oxygens (including phenoxy) is 2. The van der Waals surface area contributed by atoms with Crippen molar-refractivity contribution in [3.63, 3.8) is 0 Å². The molecule has 0 radical (unpaired) electrons. The van der Waals surface area contributed by atoms with E-state index < -0.39 is 45.9 Å². The number of hydrogen-bond donors (Lipinski definition) is 2. The van der Waals surface area contributed by atoms with Crippen LogP contribution in [0.4, 0.5) is 4.79 Å². The number of nitrogens with zero attached hydrogens (tertiary/aromatic N) is 2. The topological polar surface area (TPSA) is 136 Å². The van der Waals surface area contributed by atoms with Gasteiger partial charge in [0.05, 0.1) is 32.2 Å². The number of likely N-dealkylation sites (tertiary alicyclic amines) is 1. The minimum absolute atomic E-state index is 0.0829. The molecular formula is C22H36N3O7+. The van der Waals surface area contributed by atoms with Crippen molar-refractivity contribution in [3.05, 3.63) is 0 Å². The number of hydroxylamine groups is 2. The number of nitrogens with two attached hydrogens (primary N) is 1. The Labute approximate surface area is 188 Å². The van der Waals surface area contributed by atoms with Crippen molar-refractivity contribution in [2.45, 2.75) is 70.9 Å². The Bertz CT molecular complexity index is 731. The first-order valence-corrected chi connectivity index (χ1v) is 11.5. The third-order valence-corrected chi connectivity index (χ3v) is 7.40. The maximum absolute atomic E-state index is 14.1. The molecule has 1 unspecified atom stereocenters. The van der Waals surface area contributed by atoms with E-state index in [0.29, 0.717) is 30.9 Å². The number of imide groups is 1. The van der Waals surface area contributed by atoms with Crippen molar-refractivity contribution in [1.82, 2.24) is 5.06 Å². The zero-order valence-electron chi connectivity index (χ0n) is 19.0. The van der Waals surface area contributed by atoms with E-state index >= 15 is 0 Å². The normalized spacial score (nSPS) is 30.7. The van der Waals surface area contributed by atoms with Gasteiger partial charge in [-0.05, 0) is 12.3 Å². The van der Waals surface area contributed by atoms with Gasteiger partial charge in [0.2, 0.25) is 6.41 Å². The van der Waals surface area contributed by atoms with Crippen LogP contribution in [0.1, 0.15) is 58.8 Å². The Hall–Kier alpha value is -2.04. The number of carbonyl (C=O) groups excluding carboxylic acids is 4. The minimum atomic E-state index is -1.10. The highest BCUT2D eigenvalue weighted by atomic mass is 16.6. The van der Waals surface area contributed by atoms with Gasteiger partial charge in [-0.1, -0.05) is 39.5 Å². The molecule has 0 aromatic carbocycles. The fraction of sp³-hybridized carbons (Fsp3) is 0.818. The molecule has 3 aliphatic rings. The number of quaternary nitrogens is 1. The highest BCUT2D eigenvalue weighted by molar-refractivity contribution is 5.90. The van der Waals surface area contributed by atoms with Crippen LogP contribution in [0.25, 0.3) is 0 Å². The van der Waals surface area contributed by atoms with Crippen LogP contribution in [0, 0.1) is 17.3 Å². The Morgan fingerprint density at radius 2 is 1.97 bits per heavy atom. The smallest absolute Gasteiger partial charge is 0.414 e. The van der Waals surface area contributed by atoms with Crippen molar-refractivity contribution in [3.8, 4) is 0 Å². The van der Waals surface area contributed by atoms with Crippen LogP contribution in [0.15, 0.2) is 0 Å². The summed E-state index contributed by atoms with van der Waals surface area (Å²) in [6, 6.07) is -1.10. The van der Waals surface area contributed by atoms with Crippen molar-refractivity contribution >= 4 is 24.3 Å². The molecule has 0 aromatic rings. The maximum atomic E-state index is 14.1. The quantitative estimate of drug-likeness (QED) is 0.246. The Kier molecular flexibility index (Phi) is 7.57. The summed E-state index contributed by atoms with van der Waals surface area (Å²) >= 11 is 0. The first-order chi connectivity index (χ1) is 15.1. The van der Waals surface area contributed by atoms with Gasteiger partial charge in [0.15, 0.2) is 6.04 Å². The van der Waals surface area contributed by atoms with Gasteiger partial charge in [0.1, 0.15) is 6.10 Å². The van der Waals surface area contributed by atoms with Gasteiger partial charge in [-0.2, -0.15) is 4.79 Å². The maximum Gasteiger partial charge on any atom is 0.524 e. The second kappa shape index (κ2) is 9.84. The molecule has 0 spiro atoms. The molecule has 1 aliphatic carbocycles. The first kappa shape index (κ1) is 24.6. The highest BCUT2D eigenvalue weighted by Gasteiger charge is 2.67. The second-order valence-electron chi connectivity index (χ2n) is 10.2. The summed E-state index contributed by atoms with van der Waals surface area (Å²) in [5.74, 6) is -1.82. The molecule has 3 rings (SSSR count). The van der Waals surface area contributed by atoms with E-state index in [2.05, 4.69) is 0 Å². The fourth-order valence-electron chi connectivity index (χ4n) is 5.79. The molecule has 180 valence electrons. The summed E-state index contributed by atoms with van der Waals surface area (Å²) in [4.78, 5) is 51.4. The number of primary amides is 1. The number of amides is 4. The molecule has 4 amide bonds. The van der Waals surface area contributed by atoms with E-state index in [0.717, 1.165) is 25.7 Å². The summed E-state index contributed by atoms with van der Waals surface area (Å²) in [5, 5.41) is 10.3. The standard InChI is InChI=1S/C22H35N3O7/c1-22(2)8-9-25(18(22)19(23)27,21(29)32-17-7-10-31-13-17)20(28)16(12-24(30)14-26)11-15-5-3-4-6-15/h14-18,30H,3-13H2,1-2H3,(H-,23,27)/p+1/t16-,17-,18-,25?/m1/s1. The lowest BCUT2D eigenvalue weighted by Gasteiger charge is -2.38. The highest BCUT2D eigenvalue weighted by Crippen LogP contribution is 2.45. The van der Waals surface area contributed by atoms with Crippen LogP contribution in [-0.4, -0.2) is 77.5 Å². The molecule has 3 fully saturated rings. The lowest BCUT2D eigenvalue weighted by Crippen LogP contribution is -2.68. The van der Waals surface area contributed by atoms with Crippen LogP contribution >= 0.6 is 0 Å². The van der Waals surface area contributed by atoms with Crippen LogP contribution in [-0.2, 0) is 23.9 Å². The van der Waals surface area contributed by atoms with Crippen molar-refractivity contribution in [2.75, 3.05) is 26.3 Å². The van der Waals surface area contributed by atoms with Crippen molar-refractivity contribution in [1.29, 1.82) is 0 Å². The predicted molar refractivity (Wildman–Crippen MR) is 112 cm³/mol. The number of rotatable bonds is 8. The largest absolute Gasteiger partial charge is 0.524 e. The molecule has 10 nitrogen and oxygen atoms in total. The molecule has 2 aliphatic heterocycles. The van der Waals surface area contributed by atoms with E-state index in [1.54, 1.807) is 0 Å². The third-order valence-electron chi connectivity index (χ3n) is 7.40. The molecule has 0 bridgehead atoms. The minimum Gasteiger partial charge on any atom is -0.414 e. The van der Waals surface area contributed by atoms with Gasteiger partial charge in [-0.3, -0.25) is 14.8 Å². The Morgan fingerprint density at radius 1 is 1.28 bits per heavy atom. The summed E-state index contributed by atoms with van der Waals surface area (Å²) in [5.41, 5.74) is 5.07. The molecule has 0 aromatic heterocycles. The van der Waals surface area contributed by atoms with Gasteiger partial charge in [-0.25, -0.2) is 9.86 Å². The van der Waals surface area contributed by atoms with Gasteiger partial charge in [0, 0.05) is 18.3 Å². The van der Waals surface area contributed by atoms with Crippen molar-refractivity contribution < 1.29 is 38.3 Å². The molecule has 2 saturated heterocycles. The number of carbonyl (C=O) groups is 4. The van der Waals surface area contributed by atoms with E-state index in [1.165, 1.54) is 0 Å². The second-order valence-corrected chi connectivity index (χ2v) is 10.2. The van der Waals surface area contributed by atoms with Crippen LogP contribution in [0.5, 0.6) is 0 Å². The van der Waals surface area contributed by atoms with E-state index in [9.17, 15) is 24.4 Å². The van der Waals surface area contributed by atoms with E-state index in [1.807, 2.05) is 13.8 Å². The molecule has 1 saturated carbocycles. The number of hydrogen-bond acceptors (Lipinski definition) is 7. The van der Waals surface area contributed by atoms with Crippen LogP contribution < -0.4 is 5.73 Å². The van der Waals surface area contributed by atoms with Crippen LogP contribution in [0.3, 0.4) is 0 Å². The zero-order chi connectivity index (χ0) is 23.5. The van der Waals surface area contributed by atoms with Gasteiger partial charge in [0.25, 0.3) is 5.91 Å². The average Bonchev–Trinajstić information content (AvgIpc) is 3.47. The molecule has 4 atom stereocenters. The van der Waals surface area contributed by atoms with E-state index in [-0.39, 0.29) is 32.0 Å². The SMILES string of the molecule is CC1(C)CC[N+](C(=O)O[C@@H]2CCOC2)(C(=O)[C@H](CC2CCCC2)CN(O)C=O)[C@@H]1C(N)=O. The third kappa shape index (κ3) is 4.82. The fourth-order valence-corrected chi connectivity index (χ4v) is 5.79. The summed E-state index contributed by atoms with van der Waals surface area (Å²) < 4.78 is 10.1. The zero-order valence-corrected chi connectivity index (χ0v) is 19.0. The van der Waals surface area contributed by atoms with Gasteiger partial charge < -0.3 is 15.2 Å². The monoisotopic (exact) mass is 454 g/mol. The van der Waals surface area contributed by atoms with Gasteiger partial charge >= 0.3 is 12.0 Å². The van der Waals surface area contributed by atoms with E-state index in [4.69, 9.17) is 15.2 Å². The molecule has 3 N–H and O–H groups in total.